The van der Waals surface area contributed by atoms with E-state index in [1.807, 2.05) is 49.4 Å². The molecule has 0 aliphatic heterocycles. The Kier molecular flexibility index (Phi) is 8.08. The zero-order chi connectivity index (χ0) is 23.8. The zero-order valence-corrected chi connectivity index (χ0v) is 19.8. The molecule has 0 spiro atoms. The number of methoxy groups -OCH3 is 2. The fourth-order valence-electron chi connectivity index (χ4n) is 3.32. The van der Waals surface area contributed by atoms with Gasteiger partial charge in [-0.05, 0) is 41.8 Å². The fraction of sp³-hybridized carbons (Fsp3) is 0.240. The highest BCUT2D eigenvalue weighted by molar-refractivity contribution is 7.89. The van der Waals surface area contributed by atoms with Crippen molar-refractivity contribution >= 4 is 21.6 Å². The van der Waals surface area contributed by atoms with E-state index in [0.717, 1.165) is 21.9 Å². The lowest BCUT2D eigenvalue weighted by atomic mass is 10.1. The highest BCUT2D eigenvalue weighted by Crippen LogP contribution is 2.31. The maximum absolute atomic E-state index is 13.7. The van der Waals surface area contributed by atoms with Gasteiger partial charge in [-0.15, -0.1) is 0 Å². The van der Waals surface area contributed by atoms with Crippen molar-refractivity contribution in [3.8, 4) is 11.5 Å². The van der Waals surface area contributed by atoms with Gasteiger partial charge in [0.2, 0.25) is 15.9 Å². The second-order valence-electron chi connectivity index (χ2n) is 7.37. The molecule has 0 bridgehead atoms. The summed E-state index contributed by atoms with van der Waals surface area (Å²) < 4.78 is 39.0. The summed E-state index contributed by atoms with van der Waals surface area (Å²) >= 11 is 0. The van der Waals surface area contributed by atoms with E-state index >= 15 is 0 Å². The third kappa shape index (κ3) is 6.12. The molecule has 0 unspecified atom stereocenters. The number of carbonyl (C=O) groups is 1. The van der Waals surface area contributed by atoms with Crippen LogP contribution in [0.4, 0.5) is 5.69 Å². The predicted molar refractivity (Wildman–Crippen MR) is 128 cm³/mol. The largest absolute Gasteiger partial charge is 0.497 e. The molecule has 7 nitrogen and oxygen atoms in total. The lowest BCUT2D eigenvalue weighted by molar-refractivity contribution is -0.116. The number of nitrogens with zero attached hydrogens (tertiary/aromatic N) is 1. The summed E-state index contributed by atoms with van der Waals surface area (Å²) in [6, 6.07) is 21.1. The van der Waals surface area contributed by atoms with Gasteiger partial charge in [-0.3, -0.25) is 4.79 Å². The first-order chi connectivity index (χ1) is 15.9. The predicted octanol–water partition coefficient (Wildman–Crippen LogP) is 4.10. The SMILES string of the molecule is CCc1ccc(NC(=O)CN(Cc2ccccc2)S(=O)(=O)c2cc(OC)ccc2OC)cc1. The highest BCUT2D eigenvalue weighted by atomic mass is 32.2. The van der Waals surface area contributed by atoms with E-state index in [0.29, 0.717) is 11.4 Å². The molecule has 0 aliphatic rings. The minimum atomic E-state index is -4.11. The van der Waals surface area contributed by atoms with Crippen LogP contribution >= 0.6 is 0 Å². The molecule has 0 radical (unpaired) electrons. The van der Waals surface area contributed by atoms with Crippen molar-refractivity contribution < 1.29 is 22.7 Å². The first kappa shape index (κ1) is 24.3. The van der Waals surface area contributed by atoms with Gasteiger partial charge in [0.15, 0.2) is 0 Å². The molecular weight excluding hydrogens is 440 g/mol. The minimum Gasteiger partial charge on any atom is -0.497 e. The number of carbonyl (C=O) groups excluding carboxylic acids is 1. The van der Waals surface area contributed by atoms with Crippen LogP contribution in [0.2, 0.25) is 0 Å². The second-order valence-corrected chi connectivity index (χ2v) is 9.28. The zero-order valence-electron chi connectivity index (χ0n) is 18.9. The molecule has 0 saturated carbocycles. The topological polar surface area (TPSA) is 84.9 Å². The summed E-state index contributed by atoms with van der Waals surface area (Å²) in [5, 5.41) is 2.78. The maximum atomic E-state index is 13.7. The molecule has 0 aliphatic carbocycles. The molecule has 3 aromatic carbocycles. The second kappa shape index (κ2) is 11.0. The lowest BCUT2D eigenvalue weighted by Gasteiger charge is -2.23. The van der Waals surface area contributed by atoms with Gasteiger partial charge in [-0.2, -0.15) is 4.31 Å². The summed E-state index contributed by atoms with van der Waals surface area (Å²) in [4.78, 5) is 12.8. The van der Waals surface area contributed by atoms with Crippen LogP contribution < -0.4 is 14.8 Å². The lowest BCUT2D eigenvalue weighted by Crippen LogP contribution is -2.37. The molecule has 0 fully saturated rings. The summed E-state index contributed by atoms with van der Waals surface area (Å²) in [5.74, 6) is 0.0968. The van der Waals surface area contributed by atoms with Gasteiger partial charge >= 0.3 is 0 Å². The number of hydrogen-bond donors (Lipinski definition) is 1. The third-order valence-corrected chi connectivity index (χ3v) is 6.97. The standard InChI is InChI=1S/C25H28N2O5S/c1-4-19-10-12-21(13-11-19)26-25(28)18-27(17-20-8-6-5-7-9-20)33(29,30)24-16-22(31-2)14-15-23(24)32-3/h5-16H,4,17-18H2,1-3H3,(H,26,28). The number of ether oxygens (including phenoxy) is 2. The number of rotatable bonds is 10. The molecule has 174 valence electrons. The van der Waals surface area contributed by atoms with Crippen molar-refractivity contribution in [1.82, 2.24) is 4.31 Å². The number of benzene rings is 3. The first-order valence-electron chi connectivity index (χ1n) is 10.5. The summed E-state index contributed by atoms with van der Waals surface area (Å²) in [5.41, 5.74) is 2.50. The molecule has 1 N–H and O–H groups in total. The number of anilines is 1. The van der Waals surface area contributed by atoms with Gasteiger partial charge < -0.3 is 14.8 Å². The van der Waals surface area contributed by atoms with Crippen molar-refractivity contribution in [3.63, 3.8) is 0 Å². The molecule has 0 atom stereocenters. The average molecular weight is 469 g/mol. The molecule has 3 aromatic rings. The molecular formula is C25H28N2O5S. The molecule has 0 heterocycles. The Hall–Kier alpha value is -3.36. The van der Waals surface area contributed by atoms with Crippen molar-refractivity contribution in [2.24, 2.45) is 0 Å². The van der Waals surface area contributed by atoms with Gasteiger partial charge in [0.1, 0.15) is 16.4 Å². The summed E-state index contributed by atoms with van der Waals surface area (Å²) in [6.45, 7) is 1.70. The van der Waals surface area contributed by atoms with Crippen molar-refractivity contribution in [1.29, 1.82) is 0 Å². The van der Waals surface area contributed by atoms with Crippen LogP contribution in [0.5, 0.6) is 11.5 Å². The van der Waals surface area contributed by atoms with Crippen LogP contribution in [0.25, 0.3) is 0 Å². The number of sulfonamides is 1. The smallest absolute Gasteiger partial charge is 0.247 e. The van der Waals surface area contributed by atoms with E-state index in [9.17, 15) is 13.2 Å². The van der Waals surface area contributed by atoms with E-state index in [2.05, 4.69) is 5.32 Å². The summed E-state index contributed by atoms with van der Waals surface area (Å²) in [6.07, 6.45) is 0.889. The van der Waals surface area contributed by atoms with Crippen LogP contribution in [0, 0.1) is 0 Å². The summed E-state index contributed by atoms with van der Waals surface area (Å²) in [7, 11) is -1.25. The molecule has 0 saturated heterocycles. The third-order valence-electron chi connectivity index (χ3n) is 5.16. The minimum absolute atomic E-state index is 0.0196. The van der Waals surface area contributed by atoms with Gasteiger partial charge in [0.25, 0.3) is 0 Å². The maximum Gasteiger partial charge on any atom is 0.247 e. The molecule has 33 heavy (non-hydrogen) atoms. The van der Waals surface area contributed by atoms with Crippen molar-refractivity contribution in [2.75, 3.05) is 26.1 Å². The average Bonchev–Trinajstić information content (AvgIpc) is 2.84. The fourth-order valence-corrected chi connectivity index (χ4v) is 4.88. The molecule has 1 amide bonds. The van der Waals surface area contributed by atoms with Gasteiger partial charge in [-0.25, -0.2) is 8.42 Å². The Morgan fingerprint density at radius 3 is 2.21 bits per heavy atom. The Bertz CT molecular complexity index is 1180. The number of nitrogens with one attached hydrogen (secondary N) is 1. The Labute approximate surface area is 195 Å². The van der Waals surface area contributed by atoms with E-state index in [-0.39, 0.29) is 23.7 Å². The van der Waals surface area contributed by atoms with Gasteiger partial charge in [0, 0.05) is 18.3 Å². The quantitative estimate of drug-likeness (QED) is 0.484. The highest BCUT2D eigenvalue weighted by Gasteiger charge is 2.30. The number of aryl methyl sites for hydroxylation is 1. The van der Waals surface area contributed by atoms with Crippen LogP contribution in [-0.4, -0.2) is 39.4 Å². The normalized spacial score (nSPS) is 11.3. The van der Waals surface area contributed by atoms with Gasteiger partial charge in [-0.1, -0.05) is 49.4 Å². The van der Waals surface area contributed by atoms with Crippen molar-refractivity contribution in [3.05, 3.63) is 83.9 Å². The molecule has 3 rings (SSSR count). The van der Waals surface area contributed by atoms with Crippen LogP contribution in [0.1, 0.15) is 18.1 Å². The Balaban J connectivity index is 1.92. The number of amides is 1. The van der Waals surface area contributed by atoms with Crippen molar-refractivity contribution in [2.45, 2.75) is 24.8 Å². The first-order valence-corrected chi connectivity index (χ1v) is 12.0. The molecule has 8 heteroatoms. The van der Waals surface area contributed by atoms with Crippen LogP contribution in [-0.2, 0) is 27.8 Å². The van der Waals surface area contributed by atoms with E-state index < -0.39 is 15.9 Å². The van der Waals surface area contributed by atoms with E-state index in [1.165, 1.54) is 26.4 Å². The van der Waals surface area contributed by atoms with Crippen LogP contribution in [0.3, 0.4) is 0 Å². The van der Waals surface area contributed by atoms with Crippen LogP contribution in [0.15, 0.2) is 77.7 Å². The van der Waals surface area contributed by atoms with E-state index in [1.54, 1.807) is 18.2 Å². The van der Waals surface area contributed by atoms with Gasteiger partial charge in [0.05, 0.1) is 20.8 Å². The monoisotopic (exact) mass is 468 g/mol. The number of hydrogen-bond acceptors (Lipinski definition) is 5. The Morgan fingerprint density at radius 1 is 0.909 bits per heavy atom. The Morgan fingerprint density at radius 2 is 1.61 bits per heavy atom. The molecule has 0 aromatic heterocycles. The van der Waals surface area contributed by atoms with E-state index in [4.69, 9.17) is 9.47 Å².